The third kappa shape index (κ3) is 0.733. The summed E-state index contributed by atoms with van der Waals surface area (Å²) in [5.74, 6) is 0. The predicted molar refractivity (Wildman–Crippen MR) is 22.3 cm³/mol. The Morgan fingerprint density at radius 1 is 1.50 bits per heavy atom. The fourth-order valence-electron chi connectivity index (χ4n) is 0.249. The monoisotopic (exact) mass is 107 g/mol. The number of hydrogen-bond acceptors (Lipinski definition) is 5. The van der Waals surface area contributed by atoms with Crippen molar-refractivity contribution in [3.8, 4) is 6.07 Å². The molecule has 0 aromatic carbocycles. The summed E-state index contributed by atoms with van der Waals surface area (Å²) in [5, 5.41) is 21.0. The molecular formula is C3HN5. The van der Waals surface area contributed by atoms with Gasteiger partial charge in [0.15, 0.2) is 5.69 Å². The lowest BCUT2D eigenvalue weighted by molar-refractivity contribution is 0.753. The Balaban J connectivity index is 3.05. The highest BCUT2D eigenvalue weighted by Gasteiger charge is 1.85. The van der Waals surface area contributed by atoms with Gasteiger partial charge in [0.2, 0.25) is 0 Å². The van der Waals surface area contributed by atoms with E-state index in [1.165, 1.54) is 6.20 Å². The molecule has 0 radical (unpaired) electrons. The summed E-state index contributed by atoms with van der Waals surface area (Å²) in [4.78, 5) is 0. The highest BCUT2D eigenvalue weighted by atomic mass is 15.4. The van der Waals surface area contributed by atoms with Gasteiger partial charge in [-0.2, -0.15) is 5.26 Å². The molecule has 5 nitrogen and oxygen atoms in total. The smallest absolute Gasteiger partial charge is 0.185 e. The maximum atomic E-state index is 8.12. The average molecular weight is 107 g/mol. The van der Waals surface area contributed by atoms with Crippen LogP contribution in [0.2, 0.25) is 0 Å². The van der Waals surface area contributed by atoms with Gasteiger partial charge in [0.05, 0.1) is 6.20 Å². The largest absolute Gasteiger partial charge is 0.191 e. The third-order valence-corrected chi connectivity index (χ3v) is 0.539. The van der Waals surface area contributed by atoms with Gasteiger partial charge in [0, 0.05) is 0 Å². The molecule has 1 heterocycles. The molecular weight excluding hydrogens is 106 g/mol. The van der Waals surface area contributed by atoms with Crippen LogP contribution in [0.1, 0.15) is 5.69 Å². The van der Waals surface area contributed by atoms with Crippen molar-refractivity contribution in [3.05, 3.63) is 11.9 Å². The van der Waals surface area contributed by atoms with Gasteiger partial charge in [0.1, 0.15) is 6.07 Å². The van der Waals surface area contributed by atoms with Crippen LogP contribution in [0.15, 0.2) is 6.20 Å². The van der Waals surface area contributed by atoms with Crippen LogP contribution in [0.3, 0.4) is 0 Å². The predicted octanol–water partition coefficient (Wildman–Crippen LogP) is -0.862. The molecule has 8 heavy (non-hydrogen) atoms. The van der Waals surface area contributed by atoms with Crippen LogP contribution in [-0.4, -0.2) is 20.6 Å². The Bertz CT molecular complexity index is 199. The molecule has 38 valence electrons. The number of aromatic nitrogens is 4. The zero-order chi connectivity index (χ0) is 5.82. The first-order valence-corrected chi connectivity index (χ1v) is 1.84. The quantitative estimate of drug-likeness (QED) is 0.431. The SMILES string of the molecule is N#Cc1cnnnn1. The molecule has 0 N–H and O–H groups in total. The highest BCUT2D eigenvalue weighted by Crippen LogP contribution is 1.77. The fraction of sp³-hybridized carbons (Fsp3) is 0. The van der Waals surface area contributed by atoms with Crippen LogP contribution in [-0.2, 0) is 0 Å². The number of nitrogens with zero attached hydrogens (tertiary/aromatic N) is 5. The zero-order valence-electron chi connectivity index (χ0n) is 3.81. The Labute approximate surface area is 45.0 Å². The van der Waals surface area contributed by atoms with E-state index in [1.807, 2.05) is 0 Å². The van der Waals surface area contributed by atoms with Gasteiger partial charge in [-0.25, -0.2) is 0 Å². The molecule has 0 atom stereocenters. The molecule has 0 unspecified atom stereocenters. The van der Waals surface area contributed by atoms with Gasteiger partial charge in [-0.05, 0) is 10.4 Å². The molecule has 0 aliphatic rings. The van der Waals surface area contributed by atoms with E-state index >= 15 is 0 Å². The first-order valence-electron chi connectivity index (χ1n) is 1.84. The maximum absolute atomic E-state index is 8.12. The topological polar surface area (TPSA) is 75.3 Å². The minimum atomic E-state index is 0.181. The van der Waals surface area contributed by atoms with Crippen LogP contribution >= 0.6 is 0 Å². The first kappa shape index (κ1) is 4.59. The molecule has 1 aromatic rings. The van der Waals surface area contributed by atoms with Crippen molar-refractivity contribution in [1.29, 1.82) is 5.26 Å². The van der Waals surface area contributed by atoms with E-state index in [4.69, 9.17) is 5.26 Å². The molecule has 1 rings (SSSR count). The molecule has 0 bridgehead atoms. The Hall–Kier alpha value is -1.57. The molecule has 0 aliphatic carbocycles. The summed E-state index contributed by atoms with van der Waals surface area (Å²) >= 11 is 0. The summed E-state index contributed by atoms with van der Waals surface area (Å²) in [6, 6.07) is 1.75. The van der Waals surface area contributed by atoms with Crippen molar-refractivity contribution in [2.24, 2.45) is 0 Å². The molecule has 0 saturated heterocycles. The Morgan fingerprint density at radius 3 is 2.75 bits per heavy atom. The normalized spacial score (nSPS) is 7.88. The van der Waals surface area contributed by atoms with Gasteiger partial charge >= 0.3 is 0 Å². The number of nitriles is 1. The lowest BCUT2D eigenvalue weighted by Gasteiger charge is -1.75. The minimum absolute atomic E-state index is 0.181. The van der Waals surface area contributed by atoms with Crippen LogP contribution in [0.5, 0.6) is 0 Å². The van der Waals surface area contributed by atoms with Gasteiger partial charge in [-0.3, -0.25) is 0 Å². The Kier molecular flexibility index (Phi) is 1.11. The van der Waals surface area contributed by atoms with E-state index in [2.05, 4.69) is 20.6 Å². The van der Waals surface area contributed by atoms with Crippen molar-refractivity contribution < 1.29 is 0 Å². The standard InChI is InChI=1S/C3HN5/c4-1-3-2-5-7-8-6-3/h2H. The van der Waals surface area contributed by atoms with E-state index < -0.39 is 0 Å². The molecule has 0 aliphatic heterocycles. The van der Waals surface area contributed by atoms with Crippen LogP contribution in [0.4, 0.5) is 0 Å². The van der Waals surface area contributed by atoms with E-state index in [-0.39, 0.29) is 5.69 Å². The highest BCUT2D eigenvalue weighted by molar-refractivity contribution is 5.11. The second-order valence-electron chi connectivity index (χ2n) is 1.02. The number of rotatable bonds is 0. The third-order valence-electron chi connectivity index (χ3n) is 0.539. The summed E-state index contributed by atoms with van der Waals surface area (Å²) in [6.45, 7) is 0. The molecule has 0 fully saturated rings. The van der Waals surface area contributed by atoms with Gasteiger partial charge in [0.25, 0.3) is 0 Å². The fourth-order valence-corrected chi connectivity index (χ4v) is 0.249. The molecule has 0 spiro atoms. The van der Waals surface area contributed by atoms with Crippen molar-refractivity contribution in [3.63, 3.8) is 0 Å². The van der Waals surface area contributed by atoms with Gasteiger partial charge < -0.3 is 0 Å². The molecule has 0 amide bonds. The van der Waals surface area contributed by atoms with Gasteiger partial charge in [-0.1, -0.05) is 0 Å². The average Bonchev–Trinajstić information content (AvgIpc) is 1.90. The molecule has 5 heteroatoms. The summed E-state index contributed by atoms with van der Waals surface area (Å²) in [7, 11) is 0. The van der Waals surface area contributed by atoms with Crippen LogP contribution in [0, 0.1) is 11.3 Å². The second-order valence-corrected chi connectivity index (χ2v) is 1.02. The van der Waals surface area contributed by atoms with Crippen molar-refractivity contribution in [2.75, 3.05) is 0 Å². The summed E-state index contributed by atoms with van der Waals surface area (Å²) in [5.41, 5.74) is 0.181. The van der Waals surface area contributed by atoms with Crippen molar-refractivity contribution in [2.45, 2.75) is 0 Å². The summed E-state index contributed by atoms with van der Waals surface area (Å²) in [6.07, 6.45) is 1.24. The van der Waals surface area contributed by atoms with Crippen molar-refractivity contribution in [1.82, 2.24) is 20.6 Å². The second kappa shape index (κ2) is 1.93. The summed E-state index contributed by atoms with van der Waals surface area (Å²) < 4.78 is 0. The maximum Gasteiger partial charge on any atom is 0.185 e. The van der Waals surface area contributed by atoms with Crippen molar-refractivity contribution >= 4 is 0 Å². The first-order chi connectivity index (χ1) is 3.93. The number of hydrogen-bond donors (Lipinski definition) is 0. The lowest BCUT2D eigenvalue weighted by atomic mass is 10.5. The van der Waals surface area contributed by atoms with E-state index in [9.17, 15) is 0 Å². The van der Waals surface area contributed by atoms with E-state index in [0.717, 1.165) is 0 Å². The molecule has 0 saturated carbocycles. The molecule has 1 aromatic heterocycles. The zero-order valence-corrected chi connectivity index (χ0v) is 3.81. The van der Waals surface area contributed by atoms with Gasteiger partial charge in [-0.15, -0.1) is 10.2 Å². The van der Waals surface area contributed by atoms with Crippen LogP contribution in [0.25, 0.3) is 0 Å². The lowest BCUT2D eigenvalue weighted by Crippen LogP contribution is -1.91. The van der Waals surface area contributed by atoms with E-state index in [0.29, 0.717) is 0 Å². The minimum Gasteiger partial charge on any atom is -0.191 e. The Morgan fingerprint density at radius 2 is 2.38 bits per heavy atom. The van der Waals surface area contributed by atoms with E-state index in [1.54, 1.807) is 6.07 Å². The van der Waals surface area contributed by atoms with Crippen LogP contribution < -0.4 is 0 Å².